The summed E-state index contributed by atoms with van der Waals surface area (Å²) >= 11 is 7.06. The molecule has 0 amide bonds. The second-order valence-corrected chi connectivity index (χ2v) is 8.17. The number of pyridine rings is 1. The Morgan fingerprint density at radius 1 is 1.10 bits per heavy atom. The fraction of sp³-hybridized carbons (Fsp3) is 0.190. The average Bonchev–Trinajstić information content (AvgIpc) is 3.02. The van der Waals surface area contributed by atoms with E-state index < -0.39 is 11.9 Å². The smallest absolute Gasteiger partial charge is 0.433 e. The van der Waals surface area contributed by atoms with Gasteiger partial charge in [0.2, 0.25) is 0 Å². The Hall–Kier alpha value is -2.58. The monoisotopic (exact) mass is 451 g/mol. The summed E-state index contributed by atoms with van der Waals surface area (Å²) in [6, 6.07) is 17.7. The molecule has 1 aromatic heterocycles. The Bertz CT molecular complexity index is 1050. The molecule has 0 saturated heterocycles. The predicted octanol–water partition coefficient (Wildman–Crippen LogP) is 6.53. The molecule has 30 heavy (non-hydrogen) atoms. The molecular formula is C21H17ClF3N3OS. The van der Waals surface area contributed by atoms with Gasteiger partial charge in [-0.15, -0.1) is 11.8 Å². The third-order valence-corrected chi connectivity index (χ3v) is 5.83. The molecule has 3 aromatic rings. The van der Waals surface area contributed by atoms with Crippen molar-refractivity contribution in [2.45, 2.75) is 17.2 Å². The van der Waals surface area contributed by atoms with E-state index >= 15 is 0 Å². The van der Waals surface area contributed by atoms with Gasteiger partial charge in [0.1, 0.15) is 28.5 Å². The fourth-order valence-corrected chi connectivity index (χ4v) is 4.41. The molecule has 1 aliphatic heterocycles. The molecule has 0 saturated carbocycles. The van der Waals surface area contributed by atoms with Crippen LogP contribution in [0.1, 0.15) is 5.69 Å². The van der Waals surface area contributed by atoms with Crippen molar-refractivity contribution in [3.8, 4) is 11.5 Å². The maximum absolute atomic E-state index is 13.0. The molecule has 0 bridgehead atoms. The molecule has 2 heterocycles. The number of hydrogen-bond donors (Lipinski definition) is 1. The molecule has 1 unspecified atom stereocenters. The van der Waals surface area contributed by atoms with Crippen molar-refractivity contribution in [1.82, 2.24) is 4.98 Å². The lowest BCUT2D eigenvalue weighted by Crippen LogP contribution is -2.34. The van der Waals surface area contributed by atoms with Gasteiger partial charge in [-0.25, -0.2) is 4.98 Å². The standard InChI is InChI=1S/C21H17ClF3N3OS/c1-28-17-9-14(29-13-5-3-2-4-6-13)7-8-16(17)26-20(28)12-30-15-10-18(21(23,24)25)27-19(22)11-15/h2-11,20,26H,12H2,1H3. The summed E-state index contributed by atoms with van der Waals surface area (Å²) in [4.78, 5) is 5.82. The van der Waals surface area contributed by atoms with Gasteiger partial charge in [0, 0.05) is 23.8 Å². The van der Waals surface area contributed by atoms with Crippen molar-refractivity contribution >= 4 is 34.7 Å². The summed E-state index contributed by atoms with van der Waals surface area (Å²) in [7, 11) is 1.93. The summed E-state index contributed by atoms with van der Waals surface area (Å²) in [5.41, 5.74) is 0.904. The topological polar surface area (TPSA) is 37.4 Å². The van der Waals surface area contributed by atoms with Crippen LogP contribution in [0.3, 0.4) is 0 Å². The minimum atomic E-state index is -4.53. The number of fused-ring (bicyclic) bond motifs is 1. The predicted molar refractivity (Wildman–Crippen MR) is 114 cm³/mol. The first-order chi connectivity index (χ1) is 14.3. The number of halogens is 4. The van der Waals surface area contributed by atoms with Crippen LogP contribution in [0.25, 0.3) is 0 Å². The van der Waals surface area contributed by atoms with Crippen LogP contribution in [-0.2, 0) is 6.18 Å². The van der Waals surface area contributed by atoms with Crippen LogP contribution in [0.15, 0.2) is 65.6 Å². The van der Waals surface area contributed by atoms with E-state index in [1.54, 1.807) is 0 Å². The van der Waals surface area contributed by atoms with Gasteiger partial charge in [0.15, 0.2) is 0 Å². The average molecular weight is 452 g/mol. The van der Waals surface area contributed by atoms with Gasteiger partial charge in [-0.3, -0.25) is 0 Å². The Labute approximate surface area is 181 Å². The number of alkyl halides is 3. The second kappa shape index (κ2) is 8.28. The number of aromatic nitrogens is 1. The number of rotatable bonds is 5. The minimum Gasteiger partial charge on any atom is -0.457 e. The van der Waals surface area contributed by atoms with E-state index in [1.807, 2.05) is 60.5 Å². The van der Waals surface area contributed by atoms with Crippen molar-refractivity contribution in [3.63, 3.8) is 0 Å². The highest BCUT2D eigenvalue weighted by Crippen LogP contribution is 2.39. The first-order valence-electron chi connectivity index (χ1n) is 9.03. The molecule has 0 spiro atoms. The first kappa shape index (κ1) is 20.7. The highest BCUT2D eigenvalue weighted by molar-refractivity contribution is 7.99. The van der Waals surface area contributed by atoms with Crippen molar-refractivity contribution in [2.75, 3.05) is 23.0 Å². The quantitative estimate of drug-likeness (QED) is 0.353. The summed E-state index contributed by atoms with van der Waals surface area (Å²) < 4.78 is 44.8. The molecule has 0 fully saturated rings. The number of para-hydroxylation sites is 1. The Morgan fingerprint density at radius 3 is 2.60 bits per heavy atom. The highest BCUT2D eigenvalue weighted by atomic mass is 35.5. The van der Waals surface area contributed by atoms with Crippen LogP contribution in [0.5, 0.6) is 11.5 Å². The highest BCUT2D eigenvalue weighted by Gasteiger charge is 2.33. The molecule has 2 aromatic carbocycles. The summed E-state index contributed by atoms with van der Waals surface area (Å²) in [6.07, 6.45) is -4.63. The molecule has 1 aliphatic rings. The van der Waals surface area contributed by atoms with E-state index in [2.05, 4.69) is 10.3 Å². The lowest BCUT2D eigenvalue weighted by molar-refractivity contribution is -0.141. The second-order valence-electron chi connectivity index (χ2n) is 6.68. The Balaban J connectivity index is 1.45. The van der Waals surface area contributed by atoms with Gasteiger partial charge in [0.05, 0.1) is 11.4 Å². The summed E-state index contributed by atoms with van der Waals surface area (Å²) in [6.45, 7) is 0. The normalized spacial score (nSPS) is 15.6. The minimum absolute atomic E-state index is 0.0988. The number of ether oxygens (including phenoxy) is 1. The van der Waals surface area contributed by atoms with Gasteiger partial charge in [0.25, 0.3) is 0 Å². The lowest BCUT2D eigenvalue weighted by atomic mass is 10.2. The van der Waals surface area contributed by atoms with E-state index in [4.69, 9.17) is 16.3 Å². The molecule has 4 rings (SSSR count). The summed E-state index contributed by atoms with van der Waals surface area (Å²) in [5, 5.41) is 3.21. The zero-order chi connectivity index (χ0) is 21.3. The Kier molecular flexibility index (Phi) is 5.71. The van der Waals surface area contributed by atoms with Crippen molar-refractivity contribution in [1.29, 1.82) is 0 Å². The Morgan fingerprint density at radius 2 is 1.87 bits per heavy atom. The molecule has 9 heteroatoms. The van der Waals surface area contributed by atoms with Crippen LogP contribution in [-0.4, -0.2) is 24.0 Å². The SMILES string of the molecule is CN1c2cc(Oc3ccccc3)ccc2NC1CSc1cc(Cl)nc(C(F)(F)F)c1. The van der Waals surface area contributed by atoms with Gasteiger partial charge in [-0.1, -0.05) is 29.8 Å². The van der Waals surface area contributed by atoms with Gasteiger partial charge < -0.3 is 15.0 Å². The fourth-order valence-electron chi connectivity index (χ4n) is 3.09. The largest absolute Gasteiger partial charge is 0.457 e. The molecule has 0 aliphatic carbocycles. The van der Waals surface area contributed by atoms with E-state index in [-0.39, 0.29) is 11.3 Å². The van der Waals surface area contributed by atoms with E-state index in [0.29, 0.717) is 16.4 Å². The zero-order valence-electron chi connectivity index (χ0n) is 15.8. The summed E-state index contributed by atoms with van der Waals surface area (Å²) in [5.74, 6) is 1.96. The van der Waals surface area contributed by atoms with E-state index in [0.717, 1.165) is 23.2 Å². The van der Waals surface area contributed by atoms with Crippen molar-refractivity contribution in [3.05, 3.63) is 71.5 Å². The number of hydrogen-bond acceptors (Lipinski definition) is 5. The van der Waals surface area contributed by atoms with Crippen LogP contribution in [0.4, 0.5) is 24.5 Å². The van der Waals surface area contributed by atoms with E-state index in [9.17, 15) is 13.2 Å². The number of nitrogens with one attached hydrogen (secondary N) is 1. The lowest BCUT2D eigenvalue weighted by Gasteiger charge is -2.22. The van der Waals surface area contributed by atoms with E-state index in [1.165, 1.54) is 17.8 Å². The van der Waals surface area contributed by atoms with Gasteiger partial charge >= 0.3 is 6.18 Å². The maximum atomic E-state index is 13.0. The van der Waals surface area contributed by atoms with Crippen LogP contribution in [0, 0.1) is 0 Å². The zero-order valence-corrected chi connectivity index (χ0v) is 17.4. The van der Waals surface area contributed by atoms with Crippen LogP contribution < -0.4 is 15.0 Å². The van der Waals surface area contributed by atoms with Gasteiger partial charge in [-0.05, 0) is 36.4 Å². The molecule has 4 nitrogen and oxygen atoms in total. The number of anilines is 2. The van der Waals surface area contributed by atoms with Gasteiger partial charge in [-0.2, -0.15) is 13.2 Å². The molecule has 1 atom stereocenters. The maximum Gasteiger partial charge on any atom is 0.433 e. The van der Waals surface area contributed by atoms with Crippen LogP contribution in [0.2, 0.25) is 5.15 Å². The third kappa shape index (κ3) is 4.60. The van der Waals surface area contributed by atoms with Crippen LogP contribution >= 0.6 is 23.4 Å². The number of nitrogens with zero attached hydrogens (tertiary/aromatic N) is 2. The molecule has 156 valence electrons. The number of benzene rings is 2. The third-order valence-electron chi connectivity index (χ3n) is 4.58. The molecule has 1 N–H and O–H groups in total. The van der Waals surface area contributed by atoms with Crippen molar-refractivity contribution < 1.29 is 17.9 Å². The first-order valence-corrected chi connectivity index (χ1v) is 10.4. The molecular weight excluding hydrogens is 435 g/mol. The molecule has 0 radical (unpaired) electrons. The van der Waals surface area contributed by atoms with Crippen molar-refractivity contribution in [2.24, 2.45) is 0 Å². The number of thioether (sulfide) groups is 1.